The van der Waals surface area contributed by atoms with E-state index in [1.165, 1.54) is 0 Å². The average Bonchev–Trinajstić information content (AvgIpc) is 2.73. The molecule has 1 heterocycles. The molecule has 5 heteroatoms. The SMILES string of the molecule is CCC(=O)N(C)c1ccc(-c2ccc(C(=O)Cc3ccncc3)cc2)c(Cl)c1. The van der Waals surface area contributed by atoms with Gasteiger partial charge in [0, 0.05) is 49.1 Å². The van der Waals surface area contributed by atoms with Crippen molar-refractivity contribution >= 4 is 29.0 Å². The van der Waals surface area contributed by atoms with Gasteiger partial charge in [-0.05, 0) is 35.4 Å². The van der Waals surface area contributed by atoms with E-state index >= 15 is 0 Å². The predicted octanol–water partition coefficient (Wildman–Crippen LogP) is 5.20. The number of nitrogens with zero attached hydrogens (tertiary/aromatic N) is 2. The van der Waals surface area contributed by atoms with Crippen LogP contribution >= 0.6 is 11.6 Å². The lowest BCUT2D eigenvalue weighted by atomic mass is 9.99. The summed E-state index contributed by atoms with van der Waals surface area (Å²) < 4.78 is 0. The lowest BCUT2D eigenvalue weighted by molar-refractivity contribution is -0.118. The van der Waals surface area contributed by atoms with Crippen molar-refractivity contribution in [3.63, 3.8) is 0 Å². The van der Waals surface area contributed by atoms with E-state index in [1.807, 2.05) is 55.5 Å². The first-order valence-corrected chi connectivity index (χ1v) is 9.46. The van der Waals surface area contributed by atoms with Crippen molar-refractivity contribution in [1.82, 2.24) is 4.98 Å². The minimum absolute atomic E-state index is 0.0286. The maximum absolute atomic E-state index is 12.5. The third-order valence-corrected chi connectivity index (χ3v) is 4.96. The number of carbonyl (C=O) groups is 2. The van der Waals surface area contributed by atoms with Crippen LogP contribution in [0.25, 0.3) is 11.1 Å². The Morgan fingerprint density at radius 2 is 1.68 bits per heavy atom. The fraction of sp³-hybridized carbons (Fsp3) is 0.174. The van der Waals surface area contributed by atoms with Crippen LogP contribution < -0.4 is 4.90 Å². The summed E-state index contributed by atoms with van der Waals surface area (Å²) >= 11 is 6.45. The van der Waals surface area contributed by atoms with E-state index in [2.05, 4.69) is 4.98 Å². The summed E-state index contributed by atoms with van der Waals surface area (Å²) in [5.74, 6) is 0.0831. The highest BCUT2D eigenvalue weighted by atomic mass is 35.5. The van der Waals surface area contributed by atoms with Crippen molar-refractivity contribution in [2.75, 3.05) is 11.9 Å². The molecule has 0 atom stereocenters. The van der Waals surface area contributed by atoms with Gasteiger partial charge in [0.05, 0.1) is 5.02 Å². The molecule has 28 heavy (non-hydrogen) atoms. The molecule has 0 fully saturated rings. The number of carbonyl (C=O) groups excluding carboxylic acids is 2. The minimum atomic E-state index is 0.0286. The highest BCUT2D eigenvalue weighted by Gasteiger charge is 2.12. The quantitative estimate of drug-likeness (QED) is 0.542. The lowest BCUT2D eigenvalue weighted by Gasteiger charge is -2.17. The average molecular weight is 393 g/mol. The van der Waals surface area contributed by atoms with Crippen LogP contribution in [0.15, 0.2) is 67.0 Å². The Hall–Kier alpha value is -2.98. The summed E-state index contributed by atoms with van der Waals surface area (Å²) in [6, 6.07) is 16.6. The molecule has 3 rings (SSSR count). The van der Waals surface area contributed by atoms with Crippen molar-refractivity contribution < 1.29 is 9.59 Å². The first-order valence-electron chi connectivity index (χ1n) is 9.08. The molecule has 0 spiro atoms. The van der Waals surface area contributed by atoms with Crippen LogP contribution in [0.3, 0.4) is 0 Å². The van der Waals surface area contributed by atoms with Gasteiger partial charge in [0.15, 0.2) is 5.78 Å². The van der Waals surface area contributed by atoms with Gasteiger partial charge in [-0.2, -0.15) is 0 Å². The Morgan fingerprint density at radius 3 is 2.29 bits per heavy atom. The van der Waals surface area contributed by atoms with Crippen molar-refractivity contribution in [3.8, 4) is 11.1 Å². The molecule has 142 valence electrons. The van der Waals surface area contributed by atoms with Crippen molar-refractivity contribution in [1.29, 1.82) is 0 Å². The number of rotatable bonds is 6. The fourth-order valence-electron chi connectivity index (χ4n) is 2.95. The molecular weight excluding hydrogens is 372 g/mol. The largest absolute Gasteiger partial charge is 0.315 e. The van der Waals surface area contributed by atoms with Gasteiger partial charge in [-0.1, -0.05) is 48.9 Å². The predicted molar refractivity (Wildman–Crippen MR) is 113 cm³/mol. The number of halogens is 1. The van der Waals surface area contributed by atoms with E-state index in [0.29, 0.717) is 23.4 Å². The van der Waals surface area contributed by atoms with Gasteiger partial charge in [-0.3, -0.25) is 14.6 Å². The third kappa shape index (κ3) is 4.46. The molecule has 0 bridgehead atoms. The molecule has 0 N–H and O–H groups in total. The van der Waals surface area contributed by atoms with E-state index in [1.54, 1.807) is 30.4 Å². The number of hydrogen-bond donors (Lipinski definition) is 0. The number of hydrogen-bond acceptors (Lipinski definition) is 3. The number of amides is 1. The fourth-order valence-corrected chi connectivity index (χ4v) is 3.24. The molecule has 0 saturated carbocycles. The van der Waals surface area contributed by atoms with Crippen LogP contribution in [-0.2, 0) is 11.2 Å². The Balaban J connectivity index is 1.78. The van der Waals surface area contributed by atoms with Crippen LogP contribution in [-0.4, -0.2) is 23.7 Å². The zero-order valence-electron chi connectivity index (χ0n) is 15.9. The second-order valence-electron chi connectivity index (χ2n) is 6.50. The first-order chi connectivity index (χ1) is 13.5. The molecule has 0 aliphatic carbocycles. The van der Waals surface area contributed by atoms with Crippen molar-refractivity contribution in [3.05, 3.63) is 83.1 Å². The summed E-state index contributed by atoms with van der Waals surface area (Å²) in [7, 11) is 1.74. The smallest absolute Gasteiger partial charge is 0.226 e. The molecule has 1 aromatic heterocycles. The van der Waals surface area contributed by atoms with Gasteiger partial charge in [0.1, 0.15) is 0 Å². The highest BCUT2D eigenvalue weighted by Crippen LogP contribution is 2.31. The lowest BCUT2D eigenvalue weighted by Crippen LogP contribution is -2.24. The number of benzene rings is 2. The van der Waals surface area contributed by atoms with Gasteiger partial charge >= 0.3 is 0 Å². The van der Waals surface area contributed by atoms with Gasteiger partial charge < -0.3 is 4.90 Å². The van der Waals surface area contributed by atoms with Crippen LogP contribution in [0.4, 0.5) is 5.69 Å². The summed E-state index contributed by atoms with van der Waals surface area (Å²) in [5, 5.41) is 0.559. The van der Waals surface area contributed by atoms with E-state index in [9.17, 15) is 9.59 Å². The normalized spacial score (nSPS) is 10.5. The highest BCUT2D eigenvalue weighted by molar-refractivity contribution is 6.33. The van der Waals surface area contributed by atoms with Crippen LogP contribution in [0.2, 0.25) is 5.02 Å². The molecule has 0 unspecified atom stereocenters. The molecule has 1 amide bonds. The second kappa shape index (κ2) is 8.81. The van der Waals surface area contributed by atoms with Crippen molar-refractivity contribution in [2.24, 2.45) is 0 Å². The van der Waals surface area contributed by atoms with Crippen LogP contribution in [0.5, 0.6) is 0 Å². The Morgan fingerprint density at radius 1 is 1.00 bits per heavy atom. The Bertz CT molecular complexity index is 985. The van der Waals surface area contributed by atoms with Crippen LogP contribution in [0.1, 0.15) is 29.3 Å². The minimum Gasteiger partial charge on any atom is -0.315 e. The number of ketones is 1. The zero-order chi connectivity index (χ0) is 20.1. The molecule has 0 aliphatic heterocycles. The second-order valence-corrected chi connectivity index (χ2v) is 6.91. The molecule has 2 aromatic carbocycles. The van der Waals surface area contributed by atoms with Gasteiger partial charge in [0.2, 0.25) is 5.91 Å². The van der Waals surface area contributed by atoms with Gasteiger partial charge in [-0.25, -0.2) is 0 Å². The number of pyridine rings is 1. The molecular formula is C23H21ClN2O2. The number of anilines is 1. The van der Waals surface area contributed by atoms with Gasteiger partial charge in [-0.15, -0.1) is 0 Å². The summed E-state index contributed by atoms with van der Waals surface area (Å²) in [5.41, 5.74) is 4.12. The maximum atomic E-state index is 12.5. The van der Waals surface area contributed by atoms with E-state index in [0.717, 1.165) is 22.4 Å². The first kappa shape index (κ1) is 19.8. The zero-order valence-corrected chi connectivity index (χ0v) is 16.6. The molecule has 3 aromatic rings. The summed E-state index contributed by atoms with van der Waals surface area (Å²) in [6.07, 6.45) is 4.14. The Labute approximate surface area is 169 Å². The van der Waals surface area contributed by atoms with E-state index < -0.39 is 0 Å². The summed E-state index contributed by atoms with van der Waals surface area (Å²) in [4.78, 5) is 29.9. The number of Topliss-reactive ketones (excluding diaryl/α,β-unsaturated/α-hetero) is 1. The monoisotopic (exact) mass is 392 g/mol. The Kier molecular flexibility index (Phi) is 6.22. The molecule has 0 radical (unpaired) electrons. The van der Waals surface area contributed by atoms with Gasteiger partial charge in [0.25, 0.3) is 0 Å². The summed E-state index contributed by atoms with van der Waals surface area (Å²) in [6.45, 7) is 1.83. The van der Waals surface area contributed by atoms with E-state index in [-0.39, 0.29) is 11.7 Å². The number of aromatic nitrogens is 1. The maximum Gasteiger partial charge on any atom is 0.226 e. The molecule has 0 saturated heterocycles. The van der Waals surface area contributed by atoms with Crippen LogP contribution in [0, 0.1) is 0 Å². The van der Waals surface area contributed by atoms with E-state index in [4.69, 9.17) is 11.6 Å². The molecule has 4 nitrogen and oxygen atoms in total. The standard InChI is InChI=1S/C23H21ClN2O2/c1-3-23(28)26(2)19-8-9-20(21(24)15-19)17-4-6-18(7-5-17)22(27)14-16-10-12-25-13-11-16/h4-13,15H,3,14H2,1-2H3. The topological polar surface area (TPSA) is 50.3 Å². The molecule has 0 aliphatic rings. The third-order valence-electron chi connectivity index (χ3n) is 4.65. The van der Waals surface area contributed by atoms with Crippen molar-refractivity contribution in [2.45, 2.75) is 19.8 Å².